The van der Waals surface area contributed by atoms with Crippen LogP contribution in [0.4, 0.5) is 5.69 Å². The van der Waals surface area contributed by atoms with E-state index in [4.69, 9.17) is 20.9 Å². The molecule has 1 aliphatic heterocycles. The van der Waals surface area contributed by atoms with E-state index in [-0.39, 0.29) is 11.5 Å². The largest absolute Gasteiger partial charge is 0.493 e. The average Bonchev–Trinajstić information content (AvgIpc) is 3.45. The minimum atomic E-state index is -4.32. The molecule has 0 spiro atoms. The first-order valence-electron chi connectivity index (χ1n) is 15.2. The number of ether oxygens (including phenoxy) is 1. The van der Waals surface area contributed by atoms with Gasteiger partial charge in [-0.05, 0) is 78.1 Å². The number of nitrogens with one attached hydrogen (secondary N) is 1. The summed E-state index contributed by atoms with van der Waals surface area (Å²) in [7, 11) is -4.32. The highest BCUT2D eigenvalue weighted by Crippen LogP contribution is 2.61. The molecule has 1 fully saturated rings. The Hall–Kier alpha value is -4.19. The van der Waals surface area contributed by atoms with Crippen molar-refractivity contribution in [2.75, 3.05) is 23.9 Å². The second kappa shape index (κ2) is 12.9. The molecule has 46 heavy (non-hydrogen) atoms. The SMILES string of the molecule is Cc1c(Cl)cccc1OCCCC(=O)N1CC2C(C)C2c2c(-c3cnn(Cc4cccc(C(=O)NCS(=O)(=O)O)c4)c3)cccc21. The Morgan fingerprint density at radius 1 is 1.13 bits per heavy atom. The number of fused-ring (bicyclic) bond motifs is 3. The Morgan fingerprint density at radius 3 is 2.72 bits per heavy atom. The van der Waals surface area contributed by atoms with Crippen molar-refractivity contribution in [1.82, 2.24) is 15.1 Å². The molecule has 1 saturated carbocycles. The summed E-state index contributed by atoms with van der Waals surface area (Å²) in [6.07, 6.45) is 4.74. The van der Waals surface area contributed by atoms with Crippen molar-refractivity contribution in [3.8, 4) is 16.9 Å². The summed E-state index contributed by atoms with van der Waals surface area (Å²) in [6, 6.07) is 18.5. The highest BCUT2D eigenvalue weighted by molar-refractivity contribution is 7.85. The number of benzene rings is 3. The maximum atomic E-state index is 13.5. The van der Waals surface area contributed by atoms with E-state index in [1.54, 1.807) is 22.9 Å². The quantitative estimate of drug-likeness (QED) is 0.156. The normalized spacial score (nSPS) is 18.4. The summed E-state index contributed by atoms with van der Waals surface area (Å²) in [6.45, 7) is 5.68. The molecular weight excluding hydrogens is 628 g/mol. The molecule has 2 amide bonds. The topological polar surface area (TPSA) is 131 Å². The molecule has 0 radical (unpaired) electrons. The highest BCUT2D eigenvalue weighted by atomic mass is 35.5. The molecule has 3 atom stereocenters. The number of hydrogen-bond acceptors (Lipinski definition) is 6. The molecule has 0 bridgehead atoms. The van der Waals surface area contributed by atoms with Crippen molar-refractivity contribution in [1.29, 1.82) is 0 Å². The summed E-state index contributed by atoms with van der Waals surface area (Å²) >= 11 is 6.21. The van der Waals surface area contributed by atoms with E-state index < -0.39 is 21.9 Å². The zero-order valence-corrected chi connectivity index (χ0v) is 27.1. The molecule has 2 heterocycles. The Morgan fingerprint density at radius 2 is 1.91 bits per heavy atom. The smallest absolute Gasteiger partial charge is 0.283 e. The summed E-state index contributed by atoms with van der Waals surface area (Å²) in [5.41, 5.74) is 6.09. The second-order valence-corrected chi connectivity index (χ2v) is 13.8. The maximum Gasteiger partial charge on any atom is 0.283 e. The Labute approximate surface area is 273 Å². The fourth-order valence-corrected chi connectivity index (χ4v) is 6.85. The molecule has 2 aliphatic rings. The highest BCUT2D eigenvalue weighted by Gasteiger charge is 2.54. The number of rotatable bonds is 11. The van der Waals surface area contributed by atoms with Gasteiger partial charge in [0.1, 0.15) is 11.6 Å². The van der Waals surface area contributed by atoms with Gasteiger partial charge in [-0.2, -0.15) is 13.5 Å². The average molecular weight is 663 g/mol. The van der Waals surface area contributed by atoms with E-state index in [0.29, 0.717) is 55.3 Å². The van der Waals surface area contributed by atoms with Crippen LogP contribution in [0.5, 0.6) is 5.75 Å². The standard InChI is InChI=1S/C34H35ClN4O6S/c1-21-27-19-39(31(40)13-6-14-45-30-12-5-10-28(35)22(30)2)29-11-4-9-26(33(29)32(21)27)25-16-37-38(18-25)17-23-7-3-8-24(15-23)34(41)36-20-46(42,43)44/h3-5,7-12,15-16,18,21,27,32H,6,13-14,17,19-20H2,1-2H3,(H,36,41)(H,42,43,44). The van der Waals surface area contributed by atoms with E-state index in [1.807, 2.05) is 60.6 Å². The molecule has 12 heteroatoms. The molecule has 240 valence electrons. The van der Waals surface area contributed by atoms with Crippen LogP contribution < -0.4 is 15.0 Å². The van der Waals surface area contributed by atoms with E-state index >= 15 is 0 Å². The first-order chi connectivity index (χ1) is 22.0. The van der Waals surface area contributed by atoms with Crippen LogP contribution in [-0.4, -0.2) is 53.6 Å². The van der Waals surface area contributed by atoms with Gasteiger partial charge < -0.3 is 15.0 Å². The number of carbonyl (C=O) groups is 2. The van der Waals surface area contributed by atoms with Crippen molar-refractivity contribution >= 4 is 39.2 Å². The molecule has 3 unspecified atom stereocenters. The van der Waals surface area contributed by atoms with E-state index in [0.717, 1.165) is 33.7 Å². The molecule has 4 aromatic rings. The third-order valence-corrected chi connectivity index (χ3v) is 9.79. The lowest BCUT2D eigenvalue weighted by Gasteiger charge is -2.30. The van der Waals surface area contributed by atoms with Crippen LogP contribution >= 0.6 is 11.6 Å². The van der Waals surface area contributed by atoms with Gasteiger partial charge in [0.15, 0.2) is 0 Å². The third-order valence-electron chi connectivity index (χ3n) is 8.87. The van der Waals surface area contributed by atoms with Crippen molar-refractivity contribution in [2.24, 2.45) is 11.8 Å². The number of hydrogen-bond donors (Lipinski definition) is 2. The van der Waals surface area contributed by atoms with E-state index in [2.05, 4.69) is 23.4 Å². The van der Waals surface area contributed by atoms with Crippen LogP contribution in [0, 0.1) is 18.8 Å². The van der Waals surface area contributed by atoms with Crippen LogP contribution in [0.1, 0.15) is 52.7 Å². The number of carbonyl (C=O) groups excluding carboxylic acids is 2. The van der Waals surface area contributed by atoms with Crippen molar-refractivity contribution in [3.05, 3.63) is 100 Å². The number of aromatic nitrogens is 2. The number of halogens is 1. The monoisotopic (exact) mass is 662 g/mol. The van der Waals surface area contributed by atoms with Gasteiger partial charge in [0.05, 0.1) is 19.3 Å². The van der Waals surface area contributed by atoms with E-state index in [1.165, 1.54) is 5.56 Å². The molecule has 2 N–H and O–H groups in total. The number of nitrogens with zero attached hydrogens (tertiary/aromatic N) is 3. The van der Waals surface area contributed by atoms with Gasteiger partial charge in [-0.1, -0.05) is 48.9 Å². The molecule has 6 rings (SSSR count). The van der Waals surface area contributed by atoms with Gasteiger partial charge >= 0.3 is 0 Å². The maximum absolute atomic E-state index is 13.5. The lowest BCUT2D eigenvalue weighted by Crippen LogP contribution is -2.36. The molecule has 10 nitrogen and oxygen atoms in total. The lowest BCUT2D eigenvalue weighted by atomic mass is 9.92. The molecule has 0 saturated heterocycles. The van der Waals surface area contributed by atoms with Crippen LogP contribution in [-0.2, 0) is 21.5 Å². The van der Waals surface area contributed by atoms with Crippen molar-refractivity contribution in [2.45, 2.75) is 39.2 Å². The fourth-order valence-electron chi connectivity index (χ4n) is 6.37. The minimum Gasteiger partial charge on any atom is -0.493 e. The predicted molar refractivity (Wildman–Crippen MR) is 176 cm³/mol. The van der Waals surface area contributed by atoms with Gasteiger partial charge in [-0.3, -0.25) is 18.8 Å². The van der Waals surface area contributed by atoms with E-state index in [9.17, 15) is 18.0 Å². The van der Waals surface area contributed by atoms with Gasteiger partial charge in [0.2, 0.25) is 5.91 Å². The minimum absolute atomic E-state index is 0.0820. The van der Waals surface area contributed by atoms with Crippen molar-refractivity contribution in [3.63, 3.8) is 0 Å². The fraction of sp³-hybridized carbons (Fsp3) is 0.324. The van der Waals surface area contributed by atoms with Gasteiger partial charge in [-0.15, -0.1) is 0 Å². The Balaban J connectivity index is 1.15. The lowest BCUT2D eigenvalue weighted by molar-refractivity contribution is -0.119. The summed E-state index contributed by atoms with van der Waals surface area (Å²) < 4.78 is 38.6. The second-order valence-electron chi connectivity index (χ2n) is 12.0. The molecule has 1 aromatic heterocycles. The molecular formula is C34H35ClN4O6S. The number of anilines is 1. The van der Waals surface area contributed by atoms with Crippen LogP contribution in [0.3, 0.4) is 0 Å². The zero-order chi connectivity index (χ0) is 32.6. The molecule has 1 aliphatic carbocycles. The Kier molecular flexibility index (Phi) is 8.91. The van der Waals surface area contributed by atoms with Crippen molar-refractivity contribution < 1.29 is 27.3 Å². The zero-order valence-electron chi connectivity index (χ0n) is 25.5. The third kappa shape index (κ3) is 6.81. The van der Waals surface area contributed by atoms with Crippen LogP contribution in [0.15, 0.2) is 73.1 Å². The summed E-state index contributed by atoms with van der Waals surface area (Å²) in [5.74, 6) is 0.611. The summed E-state index contributed by atoms with van der Waals surface area (Å²) in [5, 5.41) is 7.43. The molecule has 3 aromatic carbocycles. The van der Waals surface area contributed by atoms with Crippen LogP contribution in [0.25, 0.3) is 11.1 Å². The van der Waals surface area contributed by atoms with Gasteiger partial charge in [0, 0.05) is 46.6 Å². The first-order valence-corrected chi connectivity index (χ1v) is 17.1. The van der Waals surface area contributed by atoms with Gasteiger partial charge in [0.25, 0.3) is 16.0 Å². The van der Waals surface area contributed by atoms with Crippen LogP contribution in [0.2, 0.25) is 5.02 Å². The number of amides is 2. The van der Waals surface area contributed by atoms with Gasteiger partial charge in [-0.25, -0.2) is 0 Å². The summed E-state index contributed by atoms with van der Waals surface area (Å²) in [4.78, 5) is 27.9. The predicted octanol–water partition coefficient (Wildman–Crippen LogP) is 5.69. The first kappa shape index (κ1) is 31.8. The Bertz CT molecular complexity index is 1910.